The molecule has 1 aromatic rings. The van der Waals surface area contributed by atoms with Crippen LogP contribution < -0.4 is 0 Å². The topological polar surface area (TPSA) is 76.0 Å². The monoisotopic (exact) mass is 288 g/mol. The van der Waals surface area contributed by atoms with Crippen LogP contribution in [0.2, 0.25) is 0 Å². The number of aliphatic hydroxyl groups is 2. The molecule has 0 bridgehead atoms. The third kappa shape index (κ3) is 3.88. The quantitative estimate of drug-likeness (QED) is 0.754. The van der Waals surface area contributed by atoms with E-state index < -0.39 is 19.5 Å². The van der Waals surface area contributed by atoms with Crippen molar-refractivity contribution in [2.75, 3.05) is 13.2 Å². The van der Waals surface area contributed by atoms with Gasteiger partial charge in [-0.15, -0.1) is 0 Å². The highest BCUT2D eigenvalue weighted by Gasteiger charge is 2.40. The minimum absolute atomic E-state index is 0.134. The first kappa shape index (κ1) is 16.3. The molecule has 0 aromatic heterocycles. The number of aryl methyl sites for hydroxylation is 1. The Hall–Kier alpha value is -0.710. The van der Waals surface area contributed by atoms with E-state index >= 15 is 0 Å². The molecule has 0 aliphatic rings. The van der Waals surface area contributed by atoms with Crippen LogP contribution in [0.5, 0.6) is 0 Å². The number of hydrogen-bond acceptors (Lipinski definition) is 5. The molecule has 0 spiro atoms. The van der Waals surface area contributed by atoms with Gasteiger partial charge in [-0.25, -0.2) is 0 Å². The molecule has 0 heterocycles. The summed E-state index contributed by atoms with van der Waals surface area (Å²) >= 11 is 0. The van der Waals surface area contributed by atoms with Crippen molar-refractivity contribution >= 4 is 7.60 Å². The molecule has 108 valence electrons. The highest BCUT2D eigenvalue weighted by atomic mass is 31.2. The van der Waals surface area contributed by atoms with Crippen molar-refractivity contribution in [1.82, 2.24) is 0 Å². The van der Waals surface area contributed by atoms with Crippen LogP contribution >= 0.6 is 7.60 Å². The van der Waals surface area contributed by atoms with Gasteiger partial charge in [0, 0.05) is 0 Å². The van der Waals surface area contributed by atoms with Gasteiger partial charge in [-0.05, 0) is 31.9 Å². The third-order valence-corrected chi connectivity index (χ3v) is 4.90. The predicted molar refractivity (Wildman–Crippen MR) is 73.0 cm³/mol. The number of benzene rings is 1. The van der Waals surface area contributed by atoms with Crippen molar-refractivity contribution < 1.29 is 23.8 Å². The second kappa shape index (κ2) is 7.17. The first-order valence-corrected chi connectivity index (χ1v) is 7.88. The van der Waals surface area contributed by atoms with Crippen LogP contribution in [0.15, 0.2) is 24.3 Å². The van der Waals surface area contributed by atoms with Gasteiger partial charge in [0.05, 0.1) is 13.2 Å². The molecule has 2 N–H and O–H groups in total. The molecule has 5 nitrogen and oxygen atoms in total. The van der Waals surface area contributed by atoms with Crippen LogP contribution in [0.1, 0.15) is 31.1 Å². The summed E-state index contributed by atoms with van der Waals surface area (Å²) in [6.07, 6.45) is -1.31. The average Bonchev–Trinajstić information content (AvgIpc) is 2.38. The lowest BCUT2D eigenvalue weighted by Crippen LogP contribution is -2.22. The molecular weight excluding hydrogens is 267 g/mol. The Morgan fingerprint density at radius 1 is 1.16 bits per heavy atom. The van der Waals surface area contributed by atoms with Gasteiger partial charge in [-0.3, -0.25) is 4.57 Å². The molecule has 6 heteroatoms. The smallest absolute Gasteiger partial charge is 0.361 e. The molecule has 1 aromatic carbocycles. The maximum absolute atomic E-state index is 12.4. The van der Waals surface area contributed by atoms with Crippen LogP contribution in [-0.2, 0) is 13.6 Å². The summed E-state index contributed by atoms with van der Waals surface area (Å²) in [7, 11) is -3.75. The lowest BCUT2D eigenvalue weighted by atomic mass is 10.0. The standard InChI is InChI=1S/C13H21O5P/c1-4-17-19(16,18-5-2)13(15)12(14)11-9-7-6-8-10(11)3/h6-9,12-15H,4-5H2,1-3H3/t12-,13-/m1/s1. The normalized spacial score (nSPS) is 15.2. The van der Waals surface area contributed by atoms with Gasteiger partial charge in [0.1, 0.15) is 6.10 Å². The fraction of sp³-hybridized carbons (Fsp3) is 0.538. The van der Waals surface area contributed by atoms with Crippen molar-refractivity contribution in [3.63, 3.8) is 0 Å². The average molecular weight is 288 g/mol. The van der Waals surface area contributed by atoms with Crippen molar-refractivity contribution in [3.8, 4) is 0 Å². The van der Waals surface area contributed by atoms with Crippen LogP contribution in [0.3, 0.4) is 0 Å². The molecule has 1 rings (SSSR count). The number of hydrogen-bond donors (Lipinski definition) is 2. The van der Waals surface area contributed by atoms with E-state index in [-0.39, 0.29) is 13.2 Å². The largest absolute Gasteiger partial charge is 0.385 e. The number of rotatable bonds is 7. The lowest BCUT2D eigenvalue weighted by Gasteiger charge is -2.26. The maximum atomic E-state index is 12.4. The van der Waals surface area contributed by atoms with Gasteiger partial charge in [-0.1, -0.05) is 24.3 Å². The van der Waals surface area contributed by atoms with E-state index in [1.165, 1.54) is 0 Å². The summed E-state index contributed by atoms with van der Waals surface area (Å²) in [6, 6.07) is 7.04. The summed E-state index contributed by atoms with van der Waals surface area (Å²) < 4.78 is 22.5. The fourth-order valence-corrected chi connectivity index (χ4v) is 3.41. The van der Waals surface area contributed by atoms with Gasteiger partial charge in [0.2, 0.25) is 0 Å². The minimum atomic E-state index is -3.75. The molecule has 0 saturated heterocycles. The minimum Gasteiger partial charge on any atom is -0.385 e. The predicted octanol–water partition coefficient (Wildman–Crippen LogP) is 2.61. The molecule has 0 aliphatic heterocycles. The van der Waals surface area contributed by atoms with E-state index in [0.717, 1.165) is 5.56 Å². The van der Waals surface area contributed by atoms with Gasteiger partial charge < -0.3 is 19.3 Å². The molecule has 0 radical (unpaired) electrons. The zero-order valence-corrected chi connectivity index (χ0v) is 12.3. The number of aliphatic hydroxyl groups excluding tert-OH is 2. The first-order valence-electron chi connectivity index (χ1n) is 6.26. The van der Waals surface area contributed by atoms with Crippen molar-refractivity contribution in [1.29, 1.82) is 0 Å². The zero-order chi connectivity index (χ0) is 14.5. The van der Waals surface area contributed by atoms with Gasteiger partial charge in [0.15, 0.2) is 5.85 Å². The highest BCUT2D eigenvalue weighted by molar-refractivity contribution is 7.54. The fourth-order valence-electron chi connectivity index (χ4n) is 1.80. The Labute approximate surface area is 113 Å². The van der Waals surface area contributed by atoms with E-state index in [2.05, 4.69) is 0 Å². The third-order valence-electron chi connectivity index (χ3n) is 2.73. The van der Waals surface area contributed by atoms with E-state index in [0.29, 0.717) is 5.56 Å². The van der Waals surface area contributed by atoms with Crippen LogP contribution in [0.4, 0.5) is 0 Å². The summed E-state index contributed by atoms with van der Waals surface area (Å²) in [6.45, 7) is 5.37. The second-order valence-electron chi connectivity index (χ2n) is 4.09. The Morgan fingerprint density at radius 3 is 2.16 bits per heavy atom. The summed E-state index contributed by atoms with van der Waals surface area (Å²) in [5.74, 6) is -1.60. The second-order valence-corrected chi connectivity index (χ2v) is 6.22. The Bertz CT molecular complexity index is 438. The van der Waals surface area contributed by atoms with E-state index in [1.54, 1.807) is 39.0 Å². The van der Waals surface area contributed by atoms with Gasteiger partial charge in [-0.2, -0.15) is 0 Å². The van der Waals surface area contributed by atoms with E-state index in [9.17, 15) is 14.8 Å². The Kier molecular flexibility index (Phi) is 6.17. The molecule has 0 saturated carbocycles. The van der Waals surface area contributed by atoms with Crippen LogP contribution in [0, 0.1) is 6.92 Å². The van der Waals surface area contributed by atoms with Gasteiger partial charge >= 0.3 is 7.60 Å². The molecule has 0 unspecified atom stereocenters. The molecule has 0 aliphatic carbocycles. The van der Waals surface area contributed by atoms with Crippen LogP contribution in [-0.4, -0.2) is 29.3 Å². The Morgan fingerprint density at radius 2 is 1.68 bits per heavy atom. The maximum Gasteiger partial charge on any atom is 0.361 e. The van der Waals surface area contributed by atoms with Crippen LogP contribution in [0.25, 0.3) is 0 Å². The molecule has 0 fully saturated rings. The molecule has 19 heavy (non-hydrogen) atoms. The zero-order valence-electron chi connectivity index (χ0n) is 11.4. The van der Waals surface area contributed by atoms with Gasteiger partial charge in [0.25, 0.3) is 0 Å². The van der Waals surface area contributed by atoms with Crippen molar-refractivity contribution in [3.05, 3.63) is 35.4 Å². The van der Waals surface area contributed by atoms with Crippen molar-refractivity contribution in [2.45, 2.75) is 32.7 Å². The van der Waals surface area contributed by atoms with E-state index in [4.69, 9.17) is 9.05 Å². The summed E-state index contributed by atoms with van der Waals surface area (Å²) in [5.41, 5.74) is 1.31. The summed E-state index contributed by atoms with van der Waals surface area (Å²) in [4.78, 5) is 0. The Balaban J connectivity index is 3.00. The molecular formula is C13H21O5P. The molecule has 0 amide bonds. The highest BCUT2D eigenvalue weighted by Crippen LogP contribution is 2.55. The SMILES string of the molecule is CCOP(=O)(OCC)[C@@H](O)[C@H](O)c1ccccc1C. The van der Waals surface area contributed by atoms with E-state index in [1.807, 2.05) is 6.07 Å². The first-order chi connectivity index (χ1) is 8.96. The molecule has 2 atom stereocenters. The lowest BCUT2D eigenvalue weighted by molar-refractivity contribution is 0.0397. The summed E-state index contributed by atoms with van der Waals surface area (Å²) in [5, 5.41) is 20.3. The van der Waals surface area contributed by atoms with Crippen molar-refractivity contribution in [2.24, 2.45) is 0 Å².